The van der Waals surface area contributed by atoms with Crippen molar-refractivity contribution in [1.29, 1.82) is 0 Å². The van der Waals surface area contributed by atoms with Crippen LogP contribution in [-0.4, -0.2) is 26.1 Å². The Kier molecular flexibility index (Phi) is 4.32. The van der Waals surface area contributed by atoms with Gasteiger partial charge in [-0.2, -0.15) is 0 Å². The van der Waals surface area contributed by atoms with Crippen molar-refractivity contribution >= 4 is 10.0 Å². The molecule has 19 heavy (non-hydrogen) atoms. The van der Waals surface area contributed by atoms with Crippen LogP contribution in [0.3, 0.4) is 0 Å². The second kappa shape index (κ2) is 5.64. The molecule has 108 valence electrons. The van der Waals surface area contributed by atoms with E-state index in [0.29, 0.717) is 29.8 Å². The topological polar surface area (TPSA) is 63.1 Å². The summed E-state index contributed by atoms with van der Waals surface area (Å²) < 4.78 is 28.9. The fourth-order valence-corrected chi connectivity index (χ4v) is 3.32. The van der Waals surface area contributed by atoms with Gasteiger partial charge in [0.1, 0.15) is 0 Å². The Bertz CT molecular complexity index is 536. The highest BCUT2D eigenvalue weighted by Crippen LogP contribution is 2.37. The summed E-state index contributed by atoms with van der Waals surface area (Å²) in [7, 11) is -1.49. The summed E-state index contributed by atoms with van der Waals surface area (Å²) in [5, 5.41) is 3.20. The number of hydrogen-bond donors (Lipinski definition) is 2. The minimum absolute atomic E-state index is 0.358. The molecule has 2 unspecified atom stereocenters. The van der Waals surface area contributed by atoms with Gasteiger partial charge in [0.15, 0.2) is 0 Å². The van der Waals surface area contributed by atoms with E-state index in [1.807, 2.05) is 18.5 Å². The molecule has 1 aromatic heterocycles. The maximum Gasteiger partial charge on any atom is 0.242 e. The molecule has 0 saturated heterocycles. The SMILES string of the molecule is CCNCc1cc(S(=O)(=O)NCC2CC2C)cn1C. The van der Waals surface area contributed by atoms with Crippen LogP contribution in [-0.2, 0) is 23.6 Å². The molecule has 6 heteroatoms. The number of nitrogens with zero attached hydrogens (tertiary/aromatic N) is 1. The highest BCUT2D eigenvalue weighted by molar-refractivity contribution is 7.89. The summed E-state index contributed by atoms with van der Waals surface area (Å²) in [6, 6.07) is 1.74. The van der Waals surface area contributed by atoms with E-state index in [2.05, 4.69) is 17.0 Å². The molecule has 1 aliphatic carbocycles. The van der Waals surface area contributed by atoms with Crippen molar-refractivity contribution in [1.82, 2.24) is 14.6 Å². The van der Waals surface area contributed by atoms with Crippen LogP contribution in [0, 0.1) is 11.8 Å². The molecular formula is C13H23N3O2S. The summed E-state index contributed by atoms with van der Waals surface area (Å²) in [6.45, 7) is 6.28. The van der Waals surface area contributed by atoms with E-state index in [0.717, 1.165) is 18.7 Å². The predicted octanol–water partition coefficient (Wildman–Crippen LogP) is 1.07. The van der Waals surface area contributed by atoms with E-state index >= 15 is 0 Å². The maximum atomic E-state index is 12.2. The van der Waals surface area contributed by atoms with Crippen molar-refractivity contribution in [3.05, 3.63) is 18.0 Å². The van der Waals surface area contributed by atoms with E-state index in [9.17, 15) is 8.42 Å². The minimum Gasteiger partial charge on any atom is -0.352 e. The molecule has 0 amide bonds. The van der Waals surface area contributed by atoms with Crippen molar-refractivity contribution < 1.29 is 8.42 Å². The fraction of sp³-hybridized carbons (Fsp3) is 0.692. The number of rotatable bonds is 7. The van der Waals surface area contributed by atoms with Crippen LogP contribution in [0.4, 0.5) is 0 Å². The molecular weight excluding hydrogens is 262 g/mol. The lowest BCUT2D eigenvalue weighted by molar-refractivity contribution is 0.574. The third kappa shape index (κ3) is 3.58. The van der Waals surface area contributed by atoms with Gasteiger partial charge < -0.3 is 9.88 Å². The lowest BCUT2D eigenvalue weighted by Gasteiger charge is -2.03. The molecule has 2 atom stereocenters. The first kappa shape index (κ1) is 14.6. The van der Waals surface area contributed by atoms with Crippen LogP contribution in [0.15, 0.2) is 17.2 Å². The van der Waals surface area contributed by atoms with Crippen molar-refractivity contribution in [2.75, 3.05) is 13.1 Å². The van der Waals surface area contributed by atoms with Gasteiger partial charge in [-0.3, -0.25) is 0 Å². The lowest BCUT2D eigenvalue weighted by Crippen LogP contribution is -2.25. The predicted molar refractivity (Wildman–Crippen MR) is 75.3 cm³/mol. The van der Waals surface area contributed by atoms with Gasteiger partial charge in [0, 0.05) is 32.0 Å². The molecule has 1 saturated carbocycles. The van der Waals surface area contributed by atoms with Gasteiger partial charge in [-0.1, -0.05) is 13.8 Å². The van der Waals surface area contributed by atoms with E-state index < -0.39 is 10.0 Å². The second-order valence-electron chi connectivity index (χ2n) is 5.38. The maximum absolute atomic E-state index is 12.2. The van der Waals surface area contributed by atoms with Crippen molar-refractivity contribution in [3.8, 4) is 0 Å². The Morgan fingerprint density at radius 3 is 2.74 bits per heavy atom. The Morgan fingerprint density at radius 1 is 1.47 bits per heavy atom. The summed E-state index contributed by atoms with van der Waals surface area (Å²) in [6.07, 6.45) is 2.80. The Labute approximate surface area is 115 Å². The van der Waals surface area contributed by atoms with E-state index in [1.165, 1.54) is 0 Å². The Balaban J connectivity index is 2.02. The average Bonchev–Trinajstić information content (AvgIpc) is 2.93. The first-order chi connectivity index (χ1) is 8.94. The summed E-state index contributed by atoms with van der Waals surface area (Å²) >= 11 is 0. The van der Waals surface area contributed by atoms with Gasteiger partial charge in [0.2, 0.25) is 10.0 Å². The van der Waals surface area contributed by atoms with Crippen LogP contribution in [0.2, 0.25) is 0 Å². The third-order valence-electron chi connectivity index (χ3n) is 3.76. The molecule has 1 heterocycles. The number of nitrogens with one attached hydrogen (secondary N) is 2. The quantitative estimate of drug-likeness (QED) is 0.787. The van der Waals surface area contributed by atoms with Crippen LogP contribution in [0.1, 0.15) is 26.0 Å². The van der Waals surface area contributed by atoms with Crippen molar-refractivity contribution in [2.24, 2.45) is 18.9 Å². The average molecular weight is 285 g/mol. The molecule has 0 aliphatic heterocycles. The molecule has 2 N–H and O–H groups in total. The molecule has 1 aliphatic rings. The zero-order chi connectivity index (χ0) is 14.0. The number of aryl methyl sites for hydroxylation is 1. The number of aromatic nitrogens is 1. The standard InChI is InChI=1S/C13H23N3O2S/c1-4-14-8-12-6-13(9-16(12)3)19(17,18)15-7-11-5-10(11)2/h6,9-11,14-15H,4-5,7-8H2,1-3H3. The van der Waals surface area contributed by atoms with Gasteiger partial charge in [0.05, 0.1) is 4.90 Å². The monoisotopic (exact) mass is 285 g/mol. The van der Waals surface area contributed by atoms with Gasteiger partial charge in [-0.25, -0.2) is 13.1 Å². The molecule has 0 spiro atoms. The normalized spacial score (nSPS) is 22.7. The molecule has 5 nitrogen and oxygen atoms in total. The highest BCUT2D eigenvalue weighted by atomic mass is 32.2. The molecule has 0 bridgehead atoms. The smallest absolute Gasteiger partial charge is 0.242 e. The zero-order valence-corrected chi connectivity index (χ0v) is 12.6. The summed E-state index contributed by atoms with van der Waals surface area (Å²) in [5.74, 6) is 1.17. The zero-order valence-electron chi connectivity index (χ0n) is 11.8. The largest absolute Gasteiger partial charge is 0.352 e. The molecule has 1 aromatic rings. The van der Waals surface area contributed by atoms with Crippen LogP contribution in [0.25, 0.3) is 0 Å². The van der Waals surface area contributed by atoms with Gasteiger partial charge >= 0.3 is 0 Å². The Morgan fingerprint density at radius 2 is 2.16 bits per heavy atom. The fourth-order valence-electron chi connectivity index (χ4n) is 2.14. The molecule has 1 fully saturated rings. The van der Waals surface area contributed by atoms with Gasteiger partial charge in [-0.05, 0) is 30.9 Å². The summed E-state index contributed by atoms with van der Waals surface area (Å²) in [4.78, 5) is 0.358. The molecule has 2 rings (SSSR count). The highest BCUT2D eigenvalue weighted by Gasteiger charge is 2.33. The molecule has 0 aromatic carbocycles. The van der Waals surface area contributed by atoms with E-state index in [4.69, 9.17) is 0 Å². The van der Waals surface area contributed by atoms with E-state index in [1.54, 1.807) is 12.3 Å². The van der Waals surface area contributed by atoms with E-state index in [-0.39, 0.29) is 0 Å². The van der Waals surface area contributed by atoms with Crippen LogP contribution in [0.5, 0.6) is 0 Å². The van der Waals surface area contributed by atoms with Crippen molar-refractivity contribution in [3.63, 3.8) is 0 Å². The second-order valence-corrected chi connectivity index (χ2v) is 7.15. The molecule has 0 radical (unpaired) electrons. The third-order valence-corrected chi connectivity index (χ3v) is 5.15. The first-order valence-electron chi connectivity index (χ1n) is 6.79. The first-order valence-corrected chi connectivity index (χ1v) is 8.28. The van der Waals surface area contributed by atoms with Gasteiger partial charge in [0.25, 0.3) is 0 Å². The Hall–Kier alpha value is -0.850. The number of hydrogen-bond acceptors (Lipinski definition) is 3. The van der Waals surface area contributed by atoms with Crippen molar-refractivity contribution in [2.45, 2.75) is 31.7 Å². The minimum atomic E-state index is -3.36. The lowest BCUT2D eigenvalue weighted by atomic mass is 10.3. The van der Waals surface area contributed by atoms with Crippen LogP contribution < -0.4 is 10.0 Å². The van der Waals surface area contributed by atoms with Crippen LogP contribution >= 0.6 is 0 Å². The van der Waals surface area contributed by atoms with Gasteiger partial charge in [-0.15, -0.1) is 0 Å². The number of sulfonamides is 1. The summed E-state index contributed by atoms with van der Waals surface area (Å²) in [5.41, 5.74) is 0.974.